The maximum absolute atomic E-state index is 6.05. The van der Waals surface area contributed by atoms with Gasteiger partial charge in [-0.25, -0.2) is 0 Å². The molecule has 4 heteroatoms. The van der Waals surface area contributed by atoms with Gasteiger partial charge in [-0.15, -0.1) is 0 Å². The summed E-state index contributed by atoms with van der Waals surface area (Å²) in [5, 5.41) is 0. The third kappa shape index (κ3) is 8.82. The van der Waals surface area contributed by atoms with Gasteiger partial charge in [0.25, 0.3) is 0 Å². The van der Waals surface area contributed by atoms with Crippen LogP contribution < -0.4 is 0 Å². The van der Waals surface area contributed by atoms with Gasteiger partial charge >= 0.3 is 0 Å². The molecule has 4 aliphatic carbocycles. The quantitative estimate of drug-likeness (QED) is 0.114. The van der Waals surface area contributed by atoms with Gasteiger partial charge in [-0.05, 0) is 81.2 Å². The molecule has 0 saturated heterocycles. The number of rotatable bonds is 13. The molecule has 1 nitrogen and oxygen atoms in total. The van der Waals surface area contributed by atoms with E-state index in [-0.39, 0.29) is 5.60 Å². The Hall–Kier alpha value is -0.429. The van der Waals surface area contributed by atoms with E-state index in [1.165, 1.54) is 63.1 Å². The van der Waals surface area contributed by atoms with E-state index in [0.29, 0.717) is 0 Å². The van der Waals surface area contributed by atoms with Gasteiger partial charge in [0, 0.05) is 28.7 Å². The van der Waals surface area contributed by atoms with Crippen molar-refractivity contribution in [3.8, 4) is 0 Å². The van der Waals surface area contributed by atoms with E-state index < -0.39 is 24.2 Å². The first kappa shape index (κ1) is 33.5. The van der Waals surface area contributed by atoms with Crippen LogP contribution in [-0.2, 0) is 4.74 Å². The molecule has 0 amide bonds. The standard InChI is InChI=1S/C37H66OSi3/c1-37(2,3)38-23-17-11-12-18-24-41(10,35-25-29(27-39(4,5)6)31-19-13-15-21-33(31)35)36-26-30(28-40(7,8)9)32-20-14-16-22-34(32)36/h13-15,19-22,29-33,35-36H,11-12,16-18,23-28H2,1-10H3. The lowest BCUT2D eigenvalue weighted by atomic mass is 9.87. The molecule has 0 aromatic carbocycles. The third-order valence-corrected chi connectivity index (χ3v) is 20.4. The van der Waals surface area contributed by atoms with Crippen LogP contribution in [0.1, 0.15) is 65.7 Å². The molecular weight excluding hydrogens is 545 g/mol. The number of unbranched alkanes of at least 4 members (excludes halogenated alkanes) is 3. The monoisotopic (exact) mass is 610 g/mol. The van der Waals surface area contributed by atoms with Crippen molar-refractivity contribution in [3.63, 3.8) is 0 Å². The van der Waals surface area contributed by atoms with E-state index in [4.69, 9.17) is 4.74 Å². The van der Waals surface area contributed by atoms with Gasteiger partial charge < -0.3 is 4.74 Å². The van der Waals surface area contributed by atoms with Gasteiger partial charge in [0.05, 0.1) is 13.7 Å². The van der Waals surface area contributed by atoms with Crippen LogP contribution >= 0.6 is 0 Å². The maximum atomic E-state index is 6.05. The number of hydrogen-bond donors (Lipinski definition) is 0. The summed E-state index contributed by atoms with van der Waals surface area (Å²) in [6.07, 6.45) is 27.6. The summed E-state index contributed by atoms with van der Waals surface area (Å²) in [4.78, 5) is 0. The first-order valence-electron chi connectivity index (χ1n) is 17.4. The fraction of sp³-hybridized carbons (Fsp3) is 0.784. The lowest BCUT2D eigenvalue weighted by molar-refractivity contribution is -0.00471. The first-order valence-corrected chi connectivity index (χ1v) is 27.7. The van der Waals surface area contributed by atoms with Crippen LogP contribution in [-0.4, -0.2) is 36.4 Å². The van der Waals surface area contributed by atoms with Crippen LogP contribution in [0.2, 0.25) is 75.0 Å². The highest BCUT2D eigenvalue weighted by molar-refractivity contribution is 6.82. The van der Waals surface area contributed by atoms with E-state index in [1.807, 2.05) is 5.57 Å². The van der Waals surface area contributed by atoms with Crippen molar-refractivity contribution in [1.82, 2.24) is 0 Å². The molecule has 4 aliphatic rings. The zero-order chi connectivity index (χ0) is 30.1. The highest BCUT2D eigenvalue weighted by Gasteiger charge is 2.56. The summed E-state index contributed by atoms with van der Waals surface area (Å²) in [5.41, 5.74) is 3.76. The van der Waals surface area contributed by atoms with Crippen LogP contribution in [0.4, 0.5) is 0 Å². The maximum Gasteiger partial charge on any atom is 0.0615 e. The Morgan fingerprint density at radius 1 is 0.756 bits per heavy atom. The second kappa shape index (κ2) is 13.3. The van der Waals surface area contributed by atoms with Crippen LogP contribution in [0.3, 0.4) is 0 Å². The molecule has 0 bridgehead atoms. The van der Waals surface area contributed by atoms with Crippen molar-refractivity contribution < 1.29 is 4.74 Å². The molecule has 0 N–H and O–H groups in total. The normalized spacial score (nSPS) is 33.0. The Balaban J connectivity index is 1.58. The average molecular weight is 611 g/mol. The SMILES string of the molecule is CC(C)(C)OCCCCCC[Si](C)(C1CC(C[Si](C)(C)C)C2C=CCC=C21)C1CC(C[Si](C)(C)C)C2C=CC=CC21. The molecule has 8 atom stereocenters. The summed E-state index contributed by atoms with van der Waals surface area (Å²) < 4.78 is 6.05. The van der Waals surface area contributed by atoms with E-state index in [1.54, 1.807) is 0 Å². The molecule has 0 aromatic heterocycles. The molecule has 2 fully saturated rings. The minimum absolute atomic E-state index is 0.00740. The van der Waals surface area contributed by atoms with Crippen molar-refractivity contribution in [2.45, 2.75) is 146 Å². The van der Waals surface area contributed by atoms with Crippen molar-refractivity contribution in [3.05, 3.63) is 48.1 Å². The minimum atomic E-state index is -1.62. The van der Waals surface area contributed by atoms with Gasteiger partial charge in [0.2, 0.25) is 0 Å². The molecule has 0 aliphatic heterocycles. The summed E-state index contributed by atoms with van der Waals surface area (Å²) in [7, 11) is -3.85. The predicted molar refractivity (Wildman–Crippen MR) is 191 cm³/mol. The third-order valence-electron chi connectivity index (χ3n) is 11.0. The van der Waals surface area contributed by atoms with Crippen molar-refractivity contribution in [2.24, 2.45) is 29.6 Å². The van der Waals surface area contributed by atoms with Gasteiger partial charge in [-0.3, -0.25) is 0 Å². The molecule has 8 unspecified atom stereocenters. The van der Waals surface area contributed by atoms with E-state index in [9.17, 15) is 0 Å². The molecule has 4 rings (SSSR count). The van der Waals surface area contributed by atoms with Crippen LogP contribution in [0.5, 0.6) is 0 Å². The van der Waals surface area contributed by atoms with Crippen molar-refractivity contribution >= 4 is 24.2 Å². The van der Waals surface area contributed by atoms with Gasteiger partial charge in [0.15, 0.2) is 0 Å². The molecule has 2 saturated carbocycles. The Morgan fingerprint density at radius 3 is 2.05 bits per heavy atom. The smallest absolute Gasteiger partial charge is 0.0615 e. The van der Waals surface area contributed by atoms with E-state index >= 15 is 0 Å². The van der Waals surface area contributed by atoms with Crippen molar-refractivity contribution in [1.29, 1.82) is 0 Å². The van der Waals surface area contributed by atoms with E-state index in [0.717, 1.165) is 47.3 Å². The predicted octanol–water partition coefficient (Wildman–Crippen LogP) is 11.8. The van der Waals surface area contributed by atoms with Gasteiger partial charge in [-0.2, -0.15) is 0 Å². The molecule has 0 heterocycles. The highest BCUT2D eigenvalue weighted by atomic mass is 28.3. The molecule has 0 aromatic rings. The van der Waals surface area contributed by atoms with Crippen LogP contribution in [0.25, 0.3) is 0 Å². The zero-order valence-electron chi connectivity index (χ0n) is 28.8. The molecule has 41 heavy (non-hydrogen) atoms. The largest absolute Gasteiger partial charge is 0.376 e. The lowest BCUT2D eigenvalue weighted by Gasteiger charge is -2.44. The second-order valence-electron chi connectivity index (χ2n) is 18.1. The fourth-order valence-electron chi connectivity index (χ4n) is 9.54. The first-order chi connectivity index (χ1) is 19.1. The second-order valence-corrected chi connectivity index (χ2v) is 34.1. The Bertz CT molecular complexity index is 987. The summed E-state index contributed by atoms with van der Waals surface area (Å²) in [6.45, 7) is 26.1. The molecule has 232 valence electrons. The number of allylic oxidation sites excluding steroid dienone is 8. The van der Waals surface area contributed by atoms with Gasteiger partial charge in [0.1, 0.15) is 0 Å². The Kier molecular flexibility index (Phi) is 10.8. The van der Waals surface area contributed by atoms with Crippen molar-refractivity contribution in [2.75, 3.05) is 6.61 Å². The molecule has 0 spiro atoms. The Morgan fingerprint density at radius 2 is 1.39 bits per heavy atom. The number of ether oxygens (including phenoxy) is 1. The molecule has 0 radical (unpaired) electrons. The summed E-state index contributed by atoms with van der Waals surface area (Å²) >= 11 is 0. The van der Waals surface area contributed by atoms with Crippen LogP contribution in [0, 0.1) is 29.6 Å². The number of fused-ring (bicyclic) bond motifs is 2. The number of hydrogen-bond acceptors (Lipinski definition) is 1. The van der Waals surface area contributed by atoms with Crippen LogP contribution in [0.15, 0.2) is 48.1 Å². The topological polar surface area (TPSA) is 9.23 Å². The van der Waals surface area contributed by atoms with Gasteiger partial charge in [-0.1, -0.05) is 131 Å². The molecular formula is C37H66OSi3. The lowest BCUT2D eigenvalue weighted by Crippen LogP contribution is -2.43. The minimum Gasteiger partial charge on any atom is -0.376 e. The van der Waals surface area contributed by atoms with E-state index in [2.05, 4.69) is 109 Å². The summed E-state index contributed by atoms with van der Waals surface area (Å²) in [5.74, 6) is 4.15. The Labute approximate surface area is 258 Å². The zero-order valence-corrected chi connectivity index (χ0v) is 31.8. The summed E-state index contributed by atoms with van der Waals surface area (Å²) in [6, 6.07) is 4.56. The average Bonchev–Trinajstić information content (AvgIpc) is 3.40. The fourth-order valence-corrected chi connectivity index (χ4v) is 19.8. The highest BCUT2D eigenvalue weighted by Crippen LogP contribution is 2.64.